The number of aliphatic hydroxyl groups excluding tert-OH is 2. The molecule has 7 atom stereocenters. The Labute approximate surface area is 132 Å². The van der Waals surface area contributed by atoms with Gasteiger partial charge >= 0.3 is 0 Å². The molecular weight excluding hydrogens is 276 g/mol. The van der Waals surface area contributed by atoms with Crippen molar-refractivity contribution in [3.63, 3.8) is 0 Å². The second-order valence-electron chi connectivity index (χ2n) is 8.76. The van der Waals surface area contributed by atoms with E-state index in [-0.39, 0.29) is 34.7 Å². The van der Waals surface area contributed by atoms with Crippen molar-refractivity contribution >= 4 is 5.78 Å². The molecule has 0 saturated heterocycles. The van der Waals surface area contributed by atoms with E-state index >= 15 is 0 Å². The highest BCUT2D eigenvalue weighted by molar-refractivity contribution is 5.91. The Morgan fingerprint density at radius 3 is 2.68 bits per heavy atom. The molecule has 0 aliphatic heterocycles. The summed E-state index contributed by atoms with van der Waals surface area (Å²) < 4.78 is 0. The van der Waals surface area contributed by atoms with Gasteiger partial charge in [0.05, 0.1) is 12.2 Å². The number of hydrogen-bond acceptors (Lipinski definition) is 3. The second kappa shape index (κ2) is 4.67. The van der Waals surface area contributed by atoms with E-state index in [4.69, 9.17) is 0 Å². The van der Waals surface area contributed by atoms with E-state index in [1.165, 1.54) is 5.57 Å². The van der Waals surface area contributed by atoms with E-state index in [1.54, 1.807) is 0 Å². The maximum atomic E-state index is 11.8. The molecule has 4 rings (SSSR count). The summed E-state index contributed by atoms with van der Waals surface area (Å²) in [5.41, 5.74) is 1.17. The third-order valence-corrected chi connectivity index (χ3v) is 7.84. The van der Waals surface area contributed by atoms with Gasteiger partial charge in [-0.05, 0) is 73.2 Å². The average Bonchev–Trinajstić information content (AvgIpc) is 2.75. The van der Waals surface area contributed by atoms with Gasteiger partial charge in [-0.15, -0.1) is 0 Å². The zero-order chi connectivity index (χ0) is 15.7. The largest absolute Gasteiger partial charge is 0.393 e. The molecule has 3 heteroatoms. The Morgan fingerprint density at radius 2 is 1.91 bits per heavy atom. The highest BCUT2D eigenvalue weighted by atomic mass is 16.3. The molecule has 6 unspecified atom stereocenters. The van der Waals surface area contributed by atoms with Gasteiger partial charge in [-0.1, -0.05) is 19.4 Å². The Hall–Kier alpha value is -0.670. The predicted molar refractivity (Wildman–Crippen MR) is 84.1 cm³/mol. The van der Waals surface area contributed by atoms with Crippen molar-refractivity contribution in [2.24, 2.45) is 28.6 Å². The van der Waals surface area contributed by atoms with Crippen LogP contribution in [0, 0.1) is 28.6 Å². The zero-order valence-electron chi connectivity index (χ0n) is 13.7. The fourth-order valence-corrected chi connectivity index (χ4v) is 6.66. The first-order chi connectivity index (χ1) is 10.4. The molecule has 0 radical (unpaired) electrons. The van der Waals surface area contributed by atoms with Crippen LogP contribution < -0.4 is 0 Å². The van der Waals surface area contributed by atoms with E-state index in [0.717, 1.165) is 38.5 Å². The van der Waals surface area contributed by atoms with Crippen LogP contribution >= 0.6 is 0 Å². The number of ketones is 1. The summed E-state index contributed by atoms with van der Waals surface area (Å²) >= 11 is 0. The van der Waals surface area contributed by atoms with Crippen LogP contribution in [0.15, 0.2) is 11.6 Å². The second-order valence-corrected chi connectivity index (χ2v) is 8.76. The third-order valence-electron chi connectivity index (χ3n) is 7.84. The van der Waals surface area contributed by atoms with Crippen LogP contribution in [0.4, 0.5) is 0 Å². The molecule has 2 N–H and O–H groups in total. The van der Waals surface area contributed by atoms with Gasteiger partial charge in [0.2, 0.25) is 0 Å². The van der Waals surface area contributed by atoms with Crippen molar-refractivity contribution in [3.05, 3.63) is 11.6 Å². The summed E-state index contributed by atoms with van der Waals surface area (Å²) in [4.78, 5) is 11.8. The molecule has 0 heterocycles. The van der Waals surface area contributed by atoms with Crippen molar-refractivity contribution < 1.29 is 15.0 Å². The minimum absolute atomic E-state index is 0.00881. The minimum Gasteiger partial charge on any atom is -0.393 e. The van der Waals surface area contributed by atoms with Crippen molar-refractivity contribution in [3.8, 4) is 0 Å². The number of aliphatic hydroxyl groups is 2. The minimum atomic E-state index is -0.346. The Bertz CT molecular complexity index is 539. The lowest BCUT2D eigenvalue weighted by Crippen LogP contribution is -2.57. The highest BCUT2D eigenvalue weighted by Crippen LogP contribution is 2.65. The lowest BCUT2D eigenvalue weighted by Gasteiger charge is -2.59. The van der Waals surface area contributed by atoms with Gasteiger partial charge in [-0.3, -0.25) is 4.79 Å². The van der Waals surface area contributed by atoms with Crippen molar-refractivity contribution in [1.29, 1.82) is 0 Å². The van der Waals surface area contributed by atoms with Gasteiger partial charge in [0.15, 0.2) is 5.78 Å². The molecule has 0 aromatic carbocycles. The summed E-state index contributed by atoms with van der Waals surface area (Å²) in [6.45, 7) is 4.46. The van der Waals surface area contributed by atoms with E-state index in [2.05, 4.69) is 13.8 Å². The number of hydrogen-bond donors (Lipinski definition) is 2. The van der Waals surface area contributed by atoms with Crippen LogP contribution in [0.2, 0.25) is 0 Å². The third kappa shape index (κ3) is 1.78. The summed E-state index contributed by atoms with van der Waals surface area (Å²) in [6, 6.07) is 0. The number of allylic oxidation sites excluding steroid dienone is 1. The summed E-state index contributed by atoms with van der Waals surface area (Å²) in [5.74, 6) is 1.56. The monoisotopic (exact) mass is 304 g/mol. The number of carbonyl (C=O) groups excluding carboxylic acids is 1. The predicted octanol–water partition coefficient (Wildman–Crippen LogP) is 2.85. The van der Waals surface area contributed by atoms with E-state index in [0.29, 0.717) is 18.3 Å². The fourth-order valence-electron chi connectivity index (χ4n) is 6.66. The van der Waals surface area contributed by atoms with E-state index in [9.17, 15) is 15.0 Å². The fraction of sp³-hybridized carbons (Fsp3) is 0.842. The maximum Gasteiger partial charge on any atom is 0.155 e. The first-order valence-corrected chi connectivity index (χ1v) is 8.96. The standard InChI is InChI=1S/C19H28O3/c1-18-8-7-12(20)9-11(18)3-4-13-14-5-6-16(22)19(14,2)10-15(21)17(13)18/h9,13-17,21-22H,3-8,10H2,1-2H3/t13?,14?,15?,16-,17?,18?,19?/m0/s1. The summed E-state index contributed by atoms with van der Waals surface area (Å²) in [5, 5.41) is 21.4. The van der Waals surface area contributed by atoms with Crippen molar-refractivity contribution in [1.82, 2.24) is 0 Å². The Morgan fingerprint density at radius 1 is 1.14 bits per heavy atom. The molecule has 3 fully saturated rings. The van der Waals surface area contributed by atoms with Gasteiger partial charge in [0.1, 0.15) is 0 Å². The van der Waals surface area contributed by atoms with Crippen LogP contribution in [-0.4, -0.2) is 28.2 Å². The number of fused-ring (bicyclic) bond motifs is 5. The zero-order valence-corrected chi connectivity index (χ0v) is 13.7. The van der Waals surface area contributed by atoms with Crippen LogP contribution in [0.5, 0.6) is 0 Å². The lowest BCUT2D eigenvalue weighted by molar-refractivity contribution is -0.142. The van der Waals surface area contributed by atoms with Gasteiger partial charge in [-0.2, -0.15) is 0 Å². The first-order valence-electron chi connectivity index (χ1n) is 8.96. The van der Waals surface area contributed by atoms with Crippen LogP contribution in [-0.2, 0) is 4.79 Å². The van der Waals surface area contributed by atoms with Crippen LogP contribution in [0.25, 0.3) is 0 Å². The van der Waals surface area contributed by atoms with Crippen LogP contribution in [0.1, 0.15) is 58.8 Å². The number of carbonyl (C=O) groups is 1. The molecule has 0 aromatic rings. The van der Waals surface area contributed by atoms with Crippen molar-refractivity contribution in [2.75, 3.05) is 0 Å². The normalized spacial score (nSPS) is 54.3. The van der Waals surface area contributed by atoms with Gasteiger partial charge in [0, 0.05) is 6.42 Å². The topological polar surface area (TPSA) is 57.5 Å². The SMILES string of the molecule is CC12CCC(=O)C=C1CCC1C2C(O)CC2(C)C1CC[C@@H]2O. The molecule has 0 amide bonds. The molecular formula is C19H28O3. The summed E-state index contributed by atoms with van der Waals surface area (Å²) in [7, 11) is 0. The van der Waals surface area contributed by atoms with E-state index in [1.807, 2.05) is 6.08 Å². The van der Waals surface area contributed by atoms with E-state index < -0.39 is 0 Å². The van der Waals surface area contributed by atoms with Gasteiger partial charge in [0.25, 0.3) is 0 Å². The molecule has 0 aromatic heterocycles. The first kappa shape index (κ1) is 14.9. The quantitative estimate of drug-likeness (QED) is 0.723. The molecule has 4 aliphatic rings. The summed E-state index contributed by atoms with van der Waals surface area (Å²) in [6.07, 6.45) is 7.56. The molecule has 3 saturated carbocycles. The molecule has 122 valence electrons. The molecule has 0 bridgehead atoms. The molecule has 0 spiro atoms. The Kier molecular flexibility index (Phi) is 3.16. The van der Waals surface area contributed by atoms with Gasteiger partial charge in [-0.25, -0.2) is 0 Å². The highest BCUT2D eigenvalue weighted by Gasteiger charge is 2.61. The number of rotatable bonds is 0. The average molecular weight is 304 g/mol. The molecule has 3 nitrogen and oxygen atoms in total. The van der Waals surface area contributed by atoms with Crippen molar-refractivity contribution in [2.45, 2.75) is 71.0 Å². The lowest BCUT2D eigenvalue weighted by atomic mass is 9.46. The maximum absolute atomic E-state index is 11.8. The molecule has 22 heavy (non-hydrogen) atoms. The smallest absolute Gasteiger partial charge is 0.155 e. The van der Waals surface area contributed by atoms with Gasteiger partial charge < -0.3 is 10.2 Å². The Balaban J connectivity index is 1.74. The molecule has 4 aliphatic carbocycles. The van der Waals surface area contributed by atoms with Crippen LogP contribution in [0.3, 0.4) is 0 Å².